The molecule has 1 aromatic heterocycles. The van der Waals surface area contributed by atoms with Crippen LogP contribution in [0.2, 0.25) is 5.15 Å². The molecule has 3 rings (SSSR count). The van der Waals surface area contributed by atoms with E-state index in [0.29, 0.717) is 16.4 Å². The normalized spacial score (nSPS) is 11.8. The van der Waals surface area contributed by atoms with Crippen LogP contribution in [0.3, 0.4) is 0 Å². The lowest BCUT2D eigenvalue weighted by Crippen LogP contribution is -2.18. The summed E-state index contributed by atoms with van der Waals surface area (Å²) in [5, 5.41) is 8.57. The van der Waals surface area contributed by atoms with Crippen molar-refractivity contribution in [1.29, 1.82) is 0 Å². The molecule has 0 saturated heterocycles. The number of hydrogen-bond donors (Lipinski definition) is 1. The second-order valence-electron chi connectivity index (χ2n) is 5.70. The summed E-state index contributed by atoms with van der Waals surface area (Å²) in [5.41, 5.74) is 2.96. The lowest BCUT2D eigenvalue weighted by Gasteiger charge is -2.03. The average molecular weight is 389 g/mol. The number of nitrogens with one attached hydrogen (secondary N) is 1. The van der Waals surface area contributed by atoms with Crippen molar-refractivity contribution in [1.82, 2.24) is 14.6 Å². The quantitative estimate of drug-likeness (QED) is 0.537. The molecule has 134 valence electrons. The van der Waals surface area contributed by atoms with Gasteiger partial charge in [-0.25, -0.2) is 9.51 Å². The number of halogens is 1. The highest BCUT2D eigenvalue weighted by Crippen LogP contribution is 2.22. The van der Waals surface area contributed by atoms with Crippen LogP contribution in [0.25, 0.3) is 5.69 Å². The number of benzene rings is 2. The molecule has 0 aliphatic rings. The first kappa shape index (κ1) is 18.2. The third-order valence-corrected chi connectivity index (χ3v) is 5.35. The second kappa shape index (κ2) is 7.31. The summed E-state index contributed by atoms with van der Waals surface area (Å²) < 4.78 is 26.1. The standard InChI is InChI=1S/C18H17ClN4O2S/c1-13-8-10-16(11-9-13)26(24,25)22-20-12-17-14(2)21-23(18(17)19)15-6-4-3-5-7-15/h3-12,22H,1-2H3/b20-12-. The van der Waals surface area contributed by atoms with Crippen molar-refractivity contribution in [3.8, 4) is 5.69 Å². The third-order valence-electron chi connectivity index (χ3n) is 3.75. The van der Waals surface area contributed by atoms with E-state index >= 15 is 0 Å². The molecule has 0 atom stereocenters. The summed E-state index contributed by atoms with van der Waals surface area (Å²) in [5.74, 6) is 0. The summed E-state index contributed by atoms with van der Waals surface area (Å²) in [6, 6.07) is 15.9. The molecule has 0 unspecified atom stereocenters. The van der Waals surface area contributed by atoms with Gasteiger partial charge in [-0.2, -0.15) is 18.6 Å². The minimum atomic E-state index is -3.74. The topological polar surface area (TPSA) is 76.3 Å². The minimum Gasteiger partial charge on any atom is -0.221 e. The maximum atomic E-state index is 12.3. The number of sulfonamides is 1. The zero-order valence-electron chi connectivity index (χ0n) is 14.2. The molecule has 3 aromatic rings. The number of rotatable bonds is 5. The summed E-state index contributed by atoms with van der Waals surface area (Å²) in [4.78, 5) is 2.33. The van der Waals surface area contributed by atoms with Crippen molar-refractivity contribution in [2.75, 3.05) is 0 Å². The summed E-state index contributed by atoms with van der Waals surface area (Å²) in [7, 11) is -3.74. The lowest BCUT2D eigenvalue weighted by atomic mass is 10.2. The van der Waals surface area contributed by atoms with Crippen LogP contribution in [0.15, 0.2) is 64.6 Å². The summed E-state index contributed by atoms with van der Waals surface area (Å²) >= 11 is 6.38. The Labute approximate surface area is 157 Å². The lowest BCUT2D eigenvalue weighted by molar-refractivity contribution is 0.584. The molecule has 8 heteroatoms. The van der Waals surface area contributed by atoms with Crippen LogP contribution >= 0.6 is 11.6 Å². The molecule has 26 heavy (non-hydrogen) atoms. The Morgan fingerprint density at radius 3 is 2.38 bits per heavy atom. The molecule has 6 nitrogen and oxygen atoms in total. The van der Waals surface area contributed by atoms with Crippen molar-refractivity contribution in [3.05, 3.63) is 76.6 Å². The Morgan fingerprint density at radius 2 is 1.73 bits per heavy atom. The fraction of sp³-hybridized carbons (Fsp3) is 0.111. The van der Waals surface area contributed by atoms with Crippen LogP contribution in [0.4, 0.5) is 0 Å². The van der Waals surface area contributed by atoms with Gasteiger partial charge in [0.05, 0.1) is 28.1 Å². The van der Waals surface area contributed by atoms with Gasteiger partial charge in [-0.15, -0.1) is 0 Å². The van der Waals surface area contributed by atoms with Crippen molar-refractivity contribution >= 4 is 27.8 Å². The Morgan fingerprint density at radius 1 is 1.08 bits per heavy atom. The Bertz CT molecular complexity index is 1040. The van der Waals surface area contributed by atoms with Gasteiger partial charge < -0.3 is 0 Å². The van der Waals surface area contributed by atoms with E-state index < -0.39 is 10.0 Å². The number of nitrogens with zero attached hydrogens (tertiary/aromatic N) is 3. The first-order valence-corrected chi connectivity index (χ1v) is 9.67. The molecule has 1 N–H and O–H groups in total. The van der Waals surface area contributed by atoms with Gasteiger partial charge in [-0.05, 0) is 38.1 Å². The van der Waals surface area contributed by atoms with E-state index in [2.05, 4.69) is 15.0 Å². The zero-order chi connectivity index (χ0) is 18.7. The highest BCUT2D eigenvalue weighted by atomic mass is 35.5. The molecule has 2 aromatic carbocycles. The molecular formula is C18H17ClN4O2S. The summed E-state index contributed by atoms with van der Waals surface area (Å²) in [6.45, 7) is 3.66. The van der Waals surface area contributed by atoms with Crippen molar-refractivity contribution in [2.24, 2.45) is 5.10 Å². The molecular weight excluding hydrogens is 372 g/mol. The molecule has 0 aliphatic heterocycles. The smallest absolute Gasteiger partial charge is 0.221 e. The number of aryl methyl sites for hydroxylation is 2. The van der Waals surface area contributed by atoms with Crippen LogP contribution in [-0.4, -0.2) is 24.4 Å². The Kier molecular flexibility index (Phi) is 5.11. The first-order valence-electron chi connectivity index (χ1n) is 7.80. The predicted molar refractivity (Wildman–Crippen MR) is 102 cm³/mol. The molecule has 0 saturated carbocycles. The molecule has 0 radical (unpaired) electrons. The number of aromatic nitrogens is 2. The SMILES string of the molecule is Cc1ccc(S(=O)(=O)N/N=C\c2c(C)nn(-c3ccccc3)c2Cl)cc1. The third kappa shape index (κ3) is 3.79. The number of hydrogen-bond acceptors (Lipinski definition) is 4. The Balaban J connectivity index is 1.83. The van der Waals surface area contributed by atoms with Crippen LogP contribution in [0.5, 0.6) is 0 Å². The number of hydrazone groups is 1. The Hall–Kier alpha value is -2.64. The van der Waals surface area contributed by atoms with E-state index in [1.54, 1.807) is 23.7 Å². The van der Waals surface area contributed by atoms with Gasteiger partial charge in [0.2, 0.25) is 0 Å². The highest BCUT2D eigenvalue weighted by Gasteiger charge is 2.15. The highest BCUT2D eigenvalue weighted by molar-refractivity contribution is 7.89. The zero-order valence-corrected chi connectivity index (χ0v) is 15.8. The largest absolute Gasteiger partial charge is 0.276 e. The van der Waals surface area contributed by atoms with Gasteiger partial charge >= 0.3 is 0 Å². The van der Waals surface area contributed by atoms with Crippen LogP contribution < -0.4 is 4.83 Å². The van der Waals surface area contributed by atoms with Gasteiger partial charge in [-0.3, -0.25) is 0 Å². The van der Waals surface area contributed by atoms with E-state index in [0.717, 1.165) is 11.3 Å². The molecule has 0 fully saturated rings. The minimum absolute atomic E-state index is 0.142. The first-order chi connectivity index (χ1) is 12.4. The van der Waals surface area contributed by atoms with Gasteiger partial charge in [0.15, 0.2) is 0 Å². The van der Waals surface area contributed by atoms with Crippen molar-refractivity contribution in [3.63, 3.8) is 0 Å². The van der Waals surface area contributed by atoms with Crippen LogP contribution in [-0.2, 0) is 10.0 Å². The molecule has 0 spiro atoms. The second-order valence-corrected chi connectivity index (χ2v) is 7.72. The monoisotopic (exact) mass is 388 g/mol. The van der Waals surface area contributed by atoms with Crippen LogP contribution in [0.1, 0.15) is 16.8 Å². The van der Waals surface area contributed by atoms with Gasteiger partial charge in [0, 0.05) is 0 Å². The average Bonchev–Trinajstić information content (AvgIpc) is 2.91. The maximum Gasteiger partial charge on any atom is 0.276 e. The molecule has 0 bridgehead atoms. The molecule has 0 amide bonds. The summed E-state index contributed by atoms with van der Waals surface area (Å²) in [6.07, 6.45) is 1.36. The van der Waals surface area contributed by atoms with E-state index in [9.17, 15) is 8.42 Å². The van der Waals surface area contributed by atoms with E-state index in [-0.39, 0.29) is 4.90 Å². The fourth-order valence-corrected chi connectivity index (χ4v) is 3.44. The molecule has 0 aliphatic carbocycles. The predicted octanol–water partition coefficient (Wildman–Crippen LogP) is 3.45. The van der Waals surface area contributed by atoms with Gasteiger partial charge in [0.25, 0.3) is 10.0 Å². The van der Waals surface area contributed by atoms with Gasteiger partial charge in [-0.1, -0.05) is 47.5 Å². The maximum absolute atomic E-state index is 12.3. The van der Waals surface area contributed by atoms with Crippen molar-refractivity contribution < 1.29 is 8.42 Å². The van der Waals surface area contributed by atoms with E-state index in [1.165, 1.54) is 18.3 Å². The molecule has 1 heterocycles. The van der Waals surface area contributed by atoms with Gasteiger partial charge in [0.1, 0.15) is 5.15 Å². The number of para-hydroxylation sites is 1. The van der Waals surface area contributed by atoms with E-state index in [4.69, 9.17) is 11.6 Å². The fourth-order valence-electron chi connectivity index (χ4n) is 2.33. The van der Waals surface area contributed by atoms with Crippen LogP contribution in [0, 0.1) is 13.8 Å². The van der Waals surface area contributed by atoms with E-state index in [1.807, 2.05) is 37.3 Å². The van der Waals surface area contributed by atoms with Crippen molar-refractivity contribution in [2.45, 2.75) is 18.7 Å².